The molecule has 2 rings (SSSR count). The smallest absolute Gasteiger partial charge is 0.250 e. The van der Waals surface area contributed by atoms with E-state index in [0.29, 0.717) is 11.4 Å². The number of carbonyl (C=O) groups excluding carboxylic acids is 1. The van der Waals surface area contributed by atoms with Crippen LogP contribution in [0.1, 0.15) is 10.4 Å². The molecule has 0 heterocycles. The molecule has 104 valence electrons. The van der Waals surface area contributed by atoms with Gasteiger partial charge in [-0.05, 0) is 30.3 Å². The van der Waals surface area contributed by atoms with E-state index in [-0.39, 0.29) is 21.3 Å². The Hall–Kier alpha value is -1.98. The summed E-state index contributed by atoms with van der Waals surface area (Å²) in [6.45, 7) is 0. The molecule has 0 saturated carbocycles. The molecule has 4 nitrogen and oxygen atoms in total. The number of hydrogen-bond acceptors (Lipinski definition) is 3. The van der Waals surface area contributed by atoms with Crippen molar-refractivity contribution in [2.75, 3.05) is 11.1 Å². The highest BCUT2D eigenvalue weighted by Crippen LogP contribution is 2.32. The number of nitrogens with two attached hydrogens (primary N) is 2. The minimum atomic E-state index is -0.698. The van der Waals surface area contributed by atoms with Gasteiger partial charge in [-0.15, -0.1) is 0 Å². The van der Waals surface area contributed by atoms with E-state index >= 15 is 0 Å². The molecule has 0 fully saturated rings. The summed E-state index contributed by atoms with van der Waals surface area (Å²) in [7, 11) is 0. The Balaban J connectivity index is 2.47. The number of benzene rings is 2. The average Bonchev–Trinajstić information content (AvgIpc) is 2.36. The van der Waals surface area contributed by atoms with Gasteiger partial charge >= 0.3 is 0 Å². The first-order valence-corrected chi connectivity index (χ1v) is 6.25. The third-order valence-corrected chi connectivity index (χ3v) is 3.17. The van der Waals surface area contributed by atoms with Crippen molar-refractivity contribution in [3.63, 3.8) is 0 Å². The monoisotopic (exact) mass is 313 g/mol. The van der Waals surface area contributed by atoms with Crippen molar-refractivity contribution in [1.29, 1.82) is 0 Å². The fourth-order valence-corrected chi connectivity index (χ4v) is 2.06. The second-order valence-corrected chi connectivity index (χ2v) is 4.86. The maximum absolute atomic E-state index is 13.4. The molecule has 20 heavy (non-hydrogen) atoms. The molecule has 0 atom stereocenters. The van der Waals surface area contributed by atoms with E-state index in [4.69, 9.17) is 34.7 Å². The van der Waals surface area contributed by atoms with Crippen LogP contribution in [0.4, 0.5) is 21.5 Å². The topological polar surface area (TPSA) is 81.1 Å². The Labute approximate surface area is 124 Å². The van der Waals surface area contributed by atoms with Crippen LogP contribution >= 0.6 is 23.2 Å². The van der Waals surface area contributed by atoms with E-state index in [0.717, 1.165) is 0 Å². The molecule has 2 aromatic carbocycles. The van der Waals surface area contributed by atoms with E-state index in [1.165, 1.54) is 24.3 Å². The van der Waals surface area contributed by atoms with Gasteiger partial charge in [0.1, 0.15) is 5.82 Å². The van der Waals surface area contributed by atoms with Gasteiger partial charge < -0.3 is 16.8 Å². The Morgan fingerprint density at radius 2 is 1.85 bits per heavy atom. The van der Waals surface area contributed by atoms with Crippen LogP contribution in [0.5, 0.6) is 0 Å². The molecule has 7 heteroatoms. The average molecular weight is 314 g/mol. The minimum Gasteiger partial charge on any atom is -0.399 e. The highest BCUT2D eigenvalue weighted by Gasteiger charge is 2.14. The molecule has 0 spiro atoms. The van der Waals surface area contributed by atoms with E-state index < -0.39 is 11.7 Å². The van der Waals surface area contributed by atoms with Crippen molar-refractivity contribution in [1.82, 2.24) is 0 Å². The number of primary amides is 1. The molecule has 0 bridgehead atoms. The summed E-state index contributed by atoms with van der Waals surface area (Å²) in [5, 5.41) is 3.03. The highest BCUT2D eigenvalue weighted by atomic mass is 35.5. The molecule has 1 amide bonds. The Morgan fingerprint density at radius 3 is 2.45 bits per heavy atom. The number of amides is 1. The number of nitrogen functional groups attached to an aromatic ring is 1. The Kier molecular flexibility index (Phi) is 4.01. The molecule has 0 unspecified atom stereocenters. The highest BCUT2D eigenvalue weighted by molar-refractivity contribution is 6.34. The van der Waals surface area contributed by atoms with Gasteiger partial charge in [-0.1, -0.05) is 23.2 Å². The van der Waals surface area contributed by atoms with Gasteiger partial charge in [0, 0.05) is 11.4 Å². The lowest BCUT2D eigenvalue weighted by atomic mass is 10.1. The third kappa shape index (κ3) is 2.95. The largest absolute Gasteiger partial charge is 0.399 e. The first-order valence-electron chi connectivity index (χ1n) is 5.49. The number of carbonyl (C=O) groups is 1. The summed E-state index contributed by atoms with van der Waals surface area (Å²) in [5.41, 5.74) is 11.9. The number of anilines is 3. The SMILES string of the molecule is NC(=O)c1cc(N)cc(Cl)c1Nc1ccc(Cl)c(F)c1. The fraction of sp³-hybridized carbons (Fsp3) is 0. The van der Waals surface area contributed by atoms with Crippen LogP contribution < -0.4 is 16.8 Å². The molecule has 0 aliphatic carbocycles. The van der Waals surface area contributed by atoms with E-state index in [1.807, 2.05) is 0 Å². The van der Waals surface area contributed by atoms with Gasteiger partial charge in [0.05, 0.1) is 21.3 Å². The Morgan fingerprint density at radius 1 is 1.15 bits per heavy atom. The second-order valence-electron chi connectivity index (χ2n) is 4.04. The summed E-state index contributed by atoms with van der Waals surface area (Å²) in [4.78, 5) is 11.4. The molecule has 5 N–H and O–H groups in total. The summed E-state index contributed by atoms with van der Waals surface area (Å²) in [6.07, 6.45) is 0. The van der Waals surface area contributed by atoms with Crippen LogP contribution in [-0.2, 0) is 0 Å². The Bertz CT molecular complexity index is 692. The summed E-state index contributed by atoms with van der Waals surface area (Å²) in [5.74, 6) is -1.29. The molecular weight excluding hydrogens is 304 g/mol. The first-order chi connectivity index (χ1) is 9.38. The van der Waals surface area contributed by atoms with Crippen molar-refractivity contribution in [2.24, 2.45) is 5.73 Å². The van der Waals surface area contributed by atoms with Crippen LogP contribution in [0, 0.1) is 5.82 Å². The predicted molar refractivity (Wildman–Crippen MR) is 79.1 cm³/mol. The first kappa shape index (κ1) is 14.4. The minimum absolute atomic E-state index is 0.00548. The maximum atomic E-state index is 13.4. The van der Waals surface area contributed by atoms with E-state index in [2.05, 4.69) is 5.32 Å². The fourth-order valence-electron chi connectivity index (χ4n) is 1.67. The van der Waals surface area contributed by atoms with Crippen molar-refractivity contribution < 1.29 is 9.18 Å². The molecule has 0 aliphatic heterocycles. The van der Waals surface area contributed by atoms with Crippen LogP contribution in [0.2, 0.25) is 10.0 Å². The molecule has 0 aliphatic rings. The van der Waals surface area contributed by atoms with Crippen molar-refractivity contribution in [2.45, 2.75) is 0 Å². The van der Waals surface area contributed by atoms with Gasteiger partial charge in [0.15, 0.2) is 0 Å². The van der Waals surface area contributed by atoms with E-state index in [9.17, 15) is 9.18 Å². The number of hydrogen-bond donors (Lipinski definition) is 3. The standard InChI is InChI=1S/C13H10Cl2FN3O/c14-9-2-1-7(5-11(9)16)19-12-8(13(18)20)3-6(17)4-10(12)15/h1-5,19H,17H2,(H2,18,20). The molecule has 0 aromatic heterocycles. The van der Waals surface area contributed by atoms with Gasteiger partial charge in [-0.2, -0.15) is 0 Å². The van der Waals surface area contributed by atoms with Crippen molar-refractivity contribution in [3.05, 3.63) is 51.8 Å². The van der Waals surface area contributed by atoms with Crippen molar-refractivity contribution >= 4 is 46.2 Å². The molecule has 2 aromatic rings. The lowest BCUT2D eigenvalue weighted by molar-refractivity contribution is 0.100. The molecule has 0 radical (unpaired) electrons. The zero-order valence-corrected chi connectivity index (χ0v) is 11.6. The summed E-state index contributed by atoms with van der Waals surface area (Å²) in [6, 6.07) is 6.96. The molecule has 0 saturated heterocycles. The zero-order valence-electron chi connectivity index (χ0n) is 10.1. The molecular formula is C13H10Cl2FN3O. The van der Waals surface area contributed by atoms with Crippen molar-refractivity contribution in [3.8, 4) is 0 Å². The summed E-state index contributed by atoms with van der Waals surface area (Å²) < 4.78 is 13.4. The number of halogens is 3. The second kappa shape index (κ2) is 5.56. The lowest BCUT2D eigenvalue weighted by Gasteiger charge is -2.13. The maximum Gasteiger partial charge on any atom is 0.250 e. The van der Waals surface area contributed by atoms with Gasteiger partial charge in [-0.25, -0.2) is 4.39 Å². The summed E-state index contributed by atoms with van der Waals surface area (Å²) >= 11 is 11.6. The quantitative estimate of drug-likeness (QED) is 0.758. The van der Waals surface area contributed by atoms with Crippen LogP contribution in [-0.4, -0.2) is 5.91 Å². The third-order valence-electron chi connectivity index (χ3n) is 2.57. The predicted octanol–water partition coefficient (Wildman–Crippen LogP) is 3.56. The zero-order chi connectivity index (χ0) is 14.9. The van der Waals surface area contributed by atoms with Crippen LogP contribution in [0.15, 0.2) is 30.3 Å². The van der Waals surface area contributed by atoms with Gasteiger partial charge in [0.25, 0.3) is 5.91 Å². The number of rotatable bonds is 3. The van der Waals surface area contributed by atoms with Crippen LogP contribution in [0.3, 0.4) is 0 Å². The lowest BCUT2D eigenvalue weighted by Crippen LogP contribution is -2.14. The van der Waals surface area contributed by atoms with Gasteiger partial charge in [0.2, 0.25) is 0 Å². The normalized spacial score (nSPS) is 10.3. The number of nitrogens with one attached hydrogen (secondary N) is 1. The van der Waals surface area contributed by atoms with E-state index in [1.54, 1.807) is 6.07 Å². The van der Waals surface area contributed by atoms with Gasteiger partial charge in [-0.3, -0.25) is 4.79 Å². The van der Waals surface area contributed by atoms with Crippen LogP contribution in [0.25, 0.3) is 0 Å².